The summed E-state index contributed by atoms with van der Waals surface area (Å²) >= 11 is 5.77. The Labute approximate surface area is 108 Å². The number of hydrogen-bond donors (Lipinski definition) is 0. The van der Waals surface area contributed by atoms with Gasteiger partial charge in [0.25, 0.3) is 0 Å². The summed E-state index contributed by atoms with van der Waals surface area (Å²) in [6.07, 6.45) is 1.50. The Bertz CT molecular complexity index is 618. The van der Waals surface area contributed by atoms with Crippen molar-refractivity contribution in [1.82, 2.24) is 4.98 Å². The quantitative estimate of drug-likeness (QED) is 0.614. The maximum atomic E-state index is 11.8. The molecule has 1 aromatic heterocycles. The van der Waals surface area contributed by atoms with Crippen molar-refractivity contribution in [3.63, 3.8) is 0 Å². The van der Waals surface area contributed by atoms with Gasteiger partial charge < -0.3 is 4.74 Å². The van der Waals surface area contributed by atoms with Gasteiger partial charge in [-0.2, -0.15) is 5.26 Å². The Kier molecular flexibility index (Phi) is 3.56. The van der Waals surface area contributed by atoms with E-state index in [9.17, 15) is 4.79 Å². The van der Waals surface area contributed by atoms with Crippen molar-refractivity contribution in [1.29, 1.82) is 5.26 Å². The van der Waals surface area contributed by atoms with Gasteiger partial charge in [0.1, 0.15) is 0 Å². The summed E-state index contributed by atoms with van der Waals surface area (Å²) in [7, 11) is 0. The van der Waals surface area contributed by atoms with E-state index in [-0.39, 0.29) is 10.9 Å². The highest BCUT2D eigenvalue weighted by Crippen LogP contribution is 2.21. The Morgan fingerprint density at radius 1 is 1.28 bits per heavy atom. The monoisotopic (exact) mass is 258 g/mol. The van der Waals surface area contributed by atoms with Gasteiger partial charge in [0, 0.05) is 6.20 Å². The molecular formula is C13H7ClN2O2. The molecule has 0 radical (unpaired) electrons. The first-order valence-electron chi connectivity index (χ1n) is 5.03. The van der Waals surface area contributed by atoms with Crippen molar-refractivity contribution in [2.75, 3.05) is 0 Å². The third-order valence-corrected chi connectivity index (χ3v) is 2.46. The average molecular weight is 259 g/mol. The summed E-state index contributed by atoms with van der Waals surface area (Å²) in [6.45, 7) is 0. The third kappa shape index (κ3) is 2.65. The fraction of sp³-hybridized carbons (Fsp3) is 0. The van der Waals surface area contributed by atoms with E-state index in [2.05, 4.69) is 4.98 Å². The molecule has 88 valence electrons. The molecule has 0 spiro atoms. The van der Waals surface area contributed by atoms with E-state index in [4.69, 9.17) is 21.6 Å². The number of nitrogens with zero attached hydrogens (tertiary/aromatic N) is 2. The molecule has 0 aliphatic heterocycles. The second-order valence-electron chi connectivity index (χ2n) is 3.37. The zero-order valence-electron chi connectivity index (χ0n) is 9.13. The maximum absolute atomic E-state index is 11.8. The number of aromatic nitrogens is 1. The van der Waals surface area contributed by atoms with Gasteiger partial charge in [-0.05, 0) is 36.4 Å². The molecule has 1 heterocycles. The standard InChI is InChI=1S/C13H7ClN2O2/c14-12-11(2-1-7-16-12)18-13(17)10-5-3-9(8-15)4-6-10/h1-7H. The van der Waals surface area contributed by atoms with E-state index in [1.54, 1.807) is 24.3 Å². The van der Waals surface area contributed by atoms with Crippen LogP contribution in [0.15, 0.2) is 42.6 Å². The summed E-state index contributed by atoms with van der Waals surface area (Å²) in [5.41, 5.74) is 0.819. The predicted octanol–water partition coefficient (Wildman–Crippen LogP) is 2.83. The number of halogens is 1. The lowest BCUT2D eigenvalue weighted by atomic mass is 10.1. The van der Waals surface area contributed by atoms with Crippen LogP contribution < -0.4 is 4.74 Å². The molecule has 0 atom stereocenters. The third-order valence-electron chi connectivity index (χ3n) is 2.18. The molecule has 0 saturated carbocycles. The second kappa shape index (κ2) is 5.30. The fourth-order valence-corrected chi connectivity index (χ4v) is 1.44. The molecular weight excluding hydrogens is 252 g/mol. The van der Waals surface area contributed by atoms with Gasteiger partial charge in [0.15, 0.2) is 10.9 Å². The molecule has 0 bridgehead atoms. The minimum Gasteiger partial charge on any atom is -0.420 e. The van der Waals surface area contributed by atoms with E-state index < -0.39 is 5.97 Å². The van der Waals surface area contributed by atoms with Gasteiger partial charge in [-0.3, -0.25) is 0 Å². The molecule has 0 N–H and O–H groups in total. The Morgan fingerprint density at radius 2 is 2.00 bits per heavy atom. The minimum atomic E-state index is -0.547. The number of carbonyl (C=O) groups is 1. The van der Waals surface area contributed by atoms with Gasteiger partial charge in [-0.1, -0.05) is 11.6 Å². The molecule has 4 nitrogen and oxygen atoms in total. The summed E-state index contributed by atoms with van der Waals surface area (Å²) in [4.78, 5) is 15.6. The average Bonchev–Trinajstić information content (AvgIpc) is 2.41. The molecule has 0 aliphatic carbocycles. The van der Waals surface area contributed by atoms with Crippen LogP contribution in [0, 0.1) is 11.3 Å². The van der Waals surface area contributed by atoms with Crippen LogP contribution in [0.2, 0.25) is 5.15 Å². The number of esters is 1. The van der Waals surface area contributed by atoms with Crippen LogP contribution in [0.4, 0.5) is 0 Å². The Morgan fingerprint density at radius 3 is 2.61 bits per heavy atom. The first kappa shape index (κ1) is 12.1. The molecule has 0 fully saturated rings. The maximum Gasteiger partial charge on any atom is 0.343 e. The smallest absolute Gasteiger partial charge is 0.343 e. The SMILES string of the molecule is N#Cc1ccc(C(=O)Oc2cccnc2Cl)cc1. The number of rotatable bonds is 2. The predicted molar refractivity (Wildman–Crippen MR) is 65.4 cm³/mol. The lowest BCUT2D eigenvalue weighted by Gasteiger charge is -2.04. The second-order valence-corrected chi connectivity index (χ2v) is 3.73. The zero-order valence-corrected chi connectivity index (χ0v) is 9.89. The summed E-state index contributed by atoms with van der Waals surface area (Å²) in [5.74, 6) is -0.345. The zero-order chi connectivity index (χ0) is 13.0. The van der Waals surface area contributed by atoms with E-state index in [1.165, 1.54) is 18.3 Å². The van der Waals surface area contributed by atoms with E-state index in [0.29, 0.717) is 11.1 Å². The van der Waals surface area contributed by atoms with Gasteiger partial charge in [-0.25, -0.2) is 9.78 Å². The van der Waals surface area contributed by atoms with Crippen molar-refractivity contribution in [2.45, 2.75) is 0 Å². The van der Waals surface area contributed by atoms with Gasteiger partial charge in [0.2, 0.25) is 0 Å². The highest BCUT2D eigenvalue weighted by Gasteiger charge is 2.11. The normalized spacial score (nSPS) is 9.56. The van der Waals surface area contributed by atoms with Crippen molar-refractivity contribution in [3.05, 3.63) is 58.9 Å². The largest absolute Gasteiger partial charge is 0.420 e. The fourth-order valence-electron chi connectivity index (χ4n) is 1.29. The summed E-state index contributed by atoms with van der Waals surface area (Å²) in [5, 5.41) is 8.77. The molecule has 0 saturated heterocycles. The topological polar surface area (TPSA) is 63.0 Å². The van der Waals surface area contributed by atoms with Crippen molar-refractivity contribution >= 4 is 17.6 Å². The first-order chi connectivity index (χ1) is 8.70. The van der Waals surface area contributed by atoms with Crippen LogP contribution in [0.3, 0.4) is 0 Å². The molecule has 2 aromatic rings. The van der Waals surface area contributed by atoms with Gasteiger partial charge >= 0.3 is 5.97 Å². The molecule has 5 heteroatoms. The minimum absolute atomic E-state index is 0.125. The van der Waals surface area contributed by atoms with Crippen LogP contribution >= 0.6 is 11.6 Å². The van der Waals surface area contributed by atoms with Crippen molar-refractivity contribution in [2.24, 2.45) is 0 Å². The summed E-state index contributed by atoms with van der Waals surface area (Å²) in [6, 6.07) is 11.3. The Hall–Kier alpha value is -2.38. The summed E-state index contributed by atoms with van der Waals surface area (Å²) < 4.78 is 5.09. The van der Waals surface area contributed by atoms with Crippen LogP contribution in [0.25, 0.3) is 0 Å². The van der Waals surface area contributed by atoms with Crippen LogP contribution in [0.5, 0.6) is 5.75 Å². The molecule has 0 unspecified atom stereocenters. The molecule has 0 aliphatic rings. The number of hydrogen-bond acceptors (Lipinski definition) is 4. The van der Waals surface area contributed by atoms with Gasteiger partial charge in [-0.15, -0.1) is 0 Å². The lowest BCUT2D eigenvalue weighted by molar-refractivity contribution is 0.0734. The Balaban J connectivity index is 2.17. The van der Waals surface area contributed by atoms with E-state index in [1.807, 2.05) is 6.07 Å². The number of benzene rings is 1. The number of carbonyl (C=O) groups excluding carboxylic acids is 1. The van der Waals surface area contributed by atoms with Crippen molar-refractivity contribution < 1.29 is 9.53 Å². The molecule has 0 amide bonds. The van der Waals surface area contributed by atoms with Crippen LogP contribution in [-0.4, -0.2) is 11.0 Å². The number of ether oxygens (including phenoxy) is 1. The highest BCUT2D eigenvalue weighted by molar-refractivity contribution is 6.30. The highest BCUT2D eigenvalue weighted by atomic mass is 35.5. The van der Waals surface area contributed by atoms with E-state index in [0.717, 1.165) is 0 Å². The van der Waals surface area contributed by atoms with Crippen LogP contribution in [-0.2, 0) is 0 Å². The lowest BCUT2D eigenvalue weighted by Crippen LogP contribution is -2.08. The molecule has 1 aromatic carbocycles. The van der Waals surface area contributed by atoms with Gasteiger partial charge in [0.05, 0.1) is 17.2 Å². The van der Waals surface area contributed by atoms with Crippen LogP contribution in [0.1, 0.15) is 15.9 Å². The number of nitriles is 1. The molecule has 2 rings (SSSR count). The van der Waals surface area contributed by atoms with Crippen molar-refractivity contribution in [3.8, 4) is 11.8 Å². The number of pyridine rings is 1. The van der Waals surface area contributed by atoms with E-state index >= 15 is 0 Å². The first-order valence-corrected chi connectivity index (χ1v) is 5.41. The molecule has 18 heavy (non-hydrogen) atoms.